The Morgan fingerprint density at radius 3 is 2.71 bits per heavy atom. The number of benzene rings is 1. The molecule has 0 bridgehead atoms. The maximum atomic E-state index is 5.77. The number of nitrogens with one attached hydrogen (secondary N) is 1. The highest BCUT2D eigenvalue weighted by Crippen LogP contribution is 2.43. The van der Waals surface area contributed by atoms with E-state index in [1.807, 2.05) is 6.07 Å². The number of ether oxygens (including phenoxy) is 3. The van der Waals surface area contributed by atoms with Gasteiger partial charge in [-0.3, -0.25) is 0 Å². The van der Waals surface area contributed by atoms with Gasteiger partial charge >= 0.3 is 0 Å². The van der Waals surface area contributed by atoms with E-state index in [1.54, 1.807) is 0 Å². The van der Waals surface area contributed by atoms with Gasteiger partial charge in [0.05, 0.1) is 6.10 Å². The van der Waals surface area contributed by atoms with Crippen molar-refractivity contribution >= 4 is 0 Å². The number of rotatable bonds is 5. The van der Waals surface area contributed by atoms with Crippen molar-refractivity contribution in [2.75, 3.05) is 19.8 Å². The Labute approximate surface area is 126 Å². The van der Waals surface area contributed by atoms with Crippen molar-refractivity contribution in [1.29, 1.82) is 0 Å². The van der Waals surface area contributed by atoms with Gasteiger partial charge in [-0.25, -0.2) is 0 Å². The molecule has 1 fully saturated rings. The lowest BCUT2D eigenvalue weighted by Gasteiger charge is -2.52. The van der Waals surface area contributed by atoms with Crippen molar-refractivity contribution in [3.63, 3.8) is 0 Å². The molecule has 2 atom stereocenters. The summed E-state index contributed by atoms with van der Waals surface area (Å²) >= 11 is 0. The molecule has 1 heterocycles. The first-order chi connectivity index (χ1) is 10.1. The summed E-state index contributed by atoms with van der Waals surface area (Å²) in [6, 6.07) is 6.68. The van der Waals surface area contributed by atoms with Gasteiger partial charge in [-0.2, -0.15) is 0 Å². The smallest absolute Gasteiger partial charge is 0.161 e. The van der Waals surface area contributed by atoms with Crippen molar-refractivity contribution in [3.8, 4) is 11.5 Å². The van der Waals surface area contributed by atoms with Crippen LogP contribution >= 0.6 is 0 Å². The highest BCUT2D eigenvalue weighted by molar-refractivity contribution is 5.43. The molecule has 116 valence electrons. The zero-order valence-corrected chi connectivity index (χ0v) is 13.1. The van der Waals surface area contributed by atoms with E-state index in [1.165, 1.54) is 5.56 Å². The van der Waals surface area contributed by atoms with E-state index >= 15 is 0 Å². The average Bonchev–Trinajstić information content (AvgIpc) is 2.50. The fourth-order valence-corrected chi connectivity index (χ4v) is 3.15. The van der Waals surface area contributed by atoms with Gasteiger partial charge in [0, 0.05) is 24.6 Å². The van der Waals surface area contributed by atoms with Crippen LogP contribution in [0.4, 0.5) is 0 Å². The molecule has 0 amide bonds. The molecule has 1 aromatic rings. The summed E-state index contributed by atoms with van der Waals surface area (Å²) in [5.74, 6) is 1.71. The summed E-state index contributed by atoms with van der Waals surface area (Å²) < 4.78 is 17.0. The van der Waals surface area contributed by atoms with Crippen LogP contribution in [0.25, 0.3) is 0 Å². The molecule has 1 saturated carbocycles. The second-order valence-electron chi connectivity index (χ2n) is 6.41. The number of hydrogen-bond donors (Lipinski definition) is 1. The first-order valence-electron chi connectivity index (χ1n) is 7.84. The lowest BCUT2D eigenvalue weighted by atomic mass is 9.64. The third-order valence-corrected chi connectivity index (χ3v) is 4.70. The van der Waals surface area contributed by atoms with Gasteiger partial charge in [0.2, 0.25) is 0 Å². The van der Waals surface area contributed by atoms with E-state index in [-0.39, 0.29) is 5.41 Å². The standard InChI is InChI=1S/C17H25NO3/c1-4-19-16-10-15(17(16,2)3)18-11-12-5-6-13-14(9-12)21-8-7-20-13/h5-6,9,15-16,18H,4,7-8,10-11H2,1-3H3. The molecule has 1 aliphatic heterocycles. The van der Waals surface area contributed by atoms with Gasteiger partial charge in [0.15, 0.2) is 11.5 Å². The van der Waals surface area contributed by atoms with Crippen LogP contribution in [0.3, 0.4) is 0 Å². The van der Waals surface area contributed by atoms with E-state index in [0.717, 1.165) is 31.1 Å². The monoisotopic (exact) mass is 291 g/mol. The molecular formula is C17H25NO3. The fraction of sp³-hybridized carbons (Fsp3) is 0.647. The molecule has 4 heteroatoms. The topological polar surface area (TPSA) is 39.7 Å². The second-order valence-corrected chi connectivity index (χ2v) is 6.41. The Balaban J connectivity index is 1.56. The minimum Gasteiger partial charge on any atom is -0.486 e. The van der Waals surface area contributed by atoms with Crippen LogP contribution in [0.5, 0.6) is 11.5 Å². The van der Waals surface area contributed by atoms with E-state index < -0.39 is 0 Å². The first kappa shape index (κ1) is 14.7. The molecule has 4 nitrogen and oxygen atoms in total. The minimum atomic E-state index is 0.198. The summed E-state index contributed by atoms with van der Waals surface area (Å²) in [4.78, 5) is 0. The van der Waals surface area contributed by atoms with Crippen molar-refractivity contribution in [3.05, 3.63) is 23.8 Å². The van der Waals surface area contributed by atoms with Crippen molar-refractivity contribution < 1.29 is 14.2 Å². The maximum absolute atomic E-state index is 5.77. The van der Waals surface area contributed by atoms with Gasteiger partial charge in [-0.1, -0.05) is 19.9 Å². The molecular weight excluding hydrogens is 266 g/mol. The normalized spacial score (nSPS) is 26.2. The Bertz CT molecular complexity index is 501. The predicted molar refractivity (Wildman–Crippen MR) is 81.9 cm³/mol. The summed E-state index contributed by atoms with van der Waals surface area (Å²) in [5, 5.41) is 3.64. The molecule has 2 aliphatic rings. The lowest BCUT2D eigenvalue weighted by molar-refractivity contribution is -0.114. The molecule has 0 spiro atoms. The van der Waals surface area contributed by atoms with Crippen LogP contribution in [-0.4, -0.2) is 32.0 Å². The lowest BCUT2D eigenvalue weighted by Crippen LogP contribution is -2.60. The zero-order valence-electron chi connectivity index (χ0n) is 13.1. The number of fused-ring (bicyclic) bond motifs is 1. The van der Waals surface area contributed by atoms with Crippen LogP contribution in [-0.2, 0) is 11.3 Å². The molecule has 0 saturated heterocycles. The first-order valence-corrected chi connectivity index (χ1v) is 7.84. The van der Waals surface area contributed by atoms with Crippen molar-refractivity contribution in [1.82, 2.24) is 5.32 Å². The van der Waals surface area contributed by atoms with E-state index in [2.05, 4.69) is 38.2 Å². The quantitative estimate of drug-likeness (QED) is 0.905. The number of hydrogen-bond acceptors (Lipinski definition) is 4. The molecule has 1 N–H and O–H groups in total. The van der Waals surface area contributed by atoms with Crippen molar-refractivity contribution in [2.24, 2.45) is 5.41 Å². The van der Waals surface area contributed by atoms with Gasteiger partial charge in [-0.05, 0) is 31.0 Å². The largest absolute Gasteiger partial charge is 0.486 e. The van der Waals surface area contributed by atoms with Crippen LogP contribution in [0.2, 0.25) is 0 Å². The molecule has 0 aromatic heterocycles. The maximum Gasteiger partial charge on any atom is 0.161 e. The Morgan fingerprint density at radius 1 is 1.24 bits per heavy atom. The summed E-state index contributed by atoms with van der Waals surface area (Å²) in [7, 11) is 0. The van der Waals surface area contributed by atoms with Gasteiger partial charge in [-0.15, -0.1) is 0 Å². The highest BCUT2D eigenvalue weighted by Gasteiger charge is 2.48. The molecule has 1 aromatic carbocycles. The Morgan fingerprint density at radius 2 is 2.00 bits per heavy atom. The van der Waals surface area contributed by atoms with E-state index in [0.29, 0.717) is 25.4 Å². The average molecular weight is 291 g/mol. The van der Waals surface area contributed by atoms with Gasteiger partial charge < -0.3 is 19.5 Å². The Hall–Kier alpha value is -1.26. The van der Waals surface area contributed by atoms with Crippen LogP contribution in [0.15, 0.2) is 18.2 Å². The molecule has 3 rings (SSSR count). The molecule has 21 heavy (non-hydrogen) atoms. The van der Waals surface area contributed by atoms with Crippen LogP contribution < -0.4 is 14.8 Å². The second kappa shape index (κ2) is 5.85. The van der Waals surface area contributed by atoms with Crippen LogP contribution in [0, 0.1) is 5.41 Å². The fourth-order valence-electron chi connectivity index (χ4n) is 3.15. The molecule has 0 radical (unpaired) electrons. The predicted octanol–water partition coefficient (Wildman–Crippen LogP) is 2.75. The highest BCUT2D eigenvalue weighted by atomic mass is 16.6. The van der Waals surface area contributed by atoms with E-state index in [4.69, 9.17) is 14.2 Å². The summed E-state index contributed by atoms with van der Waals surface area (Å²) in [5.41, 5.74) is 1.43. The van der Waals surface area contributed by atoms with Crippen LogP contribution in [0.1, 0.15) is 32.8 Å². The molecule has 1 aliphatic carbocycles. The molecule has 2 unspecified atom stereocenters. The zero-order chi connectivity index (χ0) is 14.9. The third-order valence-electron chi connectivity index (χ3n) is 4.70. The van der Waals surface area contributed by atoms with Gasteiger partial charge in [0.25, 0.3) is 0 Å². The summed E-state index contributed by atoms with van der Waals surface area (Å²) in [6.07, 6.45) is 1.46. The van der Waals surface area contributed by atoms with Crippen molar-refractivity contribution in [2.45, 2.75) is 45.9 Å². The Kier molecular flexibility index (Phi) is 4.09. The minimum absolute atomic E-state index is 0.198. The van der Waals surface area contributed by atoms with Gasteiger partial charge in [0.1, 0.15) is 13.2 Å². The third kappa shape index (κ3) is 2.87. The summed E-state index contributed by atoms with van der Waals surface area (Å²) in [6.45, 7) is 9.53. The van der Waals surface area contributed by atoms with E-state index in [9.17, 15) is 0 Å². The SMILES string of the molecule is CCOC1CC(NCc2ccc3c(c2)OCCO3)C1(C)C.